The molecule has 3 N–H and O–H groups in total. The predicted octanol–water partition coefficient (Wildman–Crippen LogP) is 2.92. The quantitative estimate of drug-likeness (QED) is 0.0754. The Kier molecular flexibility index (Phi) is 10.5. The summed E-state index contributed by atoms with van der Waals surface area (Å²) in [4.78, 5) is 27.1. The third-order valence-electron chi connectivity index (χ3n) is 9.48. The minimum absolute atomic E-state index is 0.0473. The molecule has 51 heavy (non-hydrogen) atoms. The molecule has 3 heterocycles. The second-order valence-electron chi connectivity index (χ2n) is 14.0. The third kappa shape index (κ3) is 7.64. The number of carbonyl (C=O) groups is 1. The summed E-state index contributed by atoms with van der Waals surface area (Å²) in [5, 5.41) is 20.3. The first-order chi connectivity index (χ1) is 24.0. The molecule has 4 aliphatic rings. The van der Waals surface area contributed by atoms with Crippen LogP contribution in [0.4, 0.5) is 0 Å². The van der Waals surface area contributed by atoms with Gasteiger partial charge in [-0.1, -0.05) is 50.1 Å². The lowest BCUT2D eigenvalue weighted by Crippen LogP contribution is -2.42. The Morgan fingerprint density at radius 1 is 0.843 bits per heavy atom. The van der Waals surface area contributed by atoms with Crippen molar-refractivity contribution in [1.82, 2.24) is 13.7 Å². The second kappa shape index (κ2) is 14.3. The highest BCUT2D eigenvalue weighted by atomic mass is 32.2. The summed E-state index contributed by atoms with van der Waals surface area (Å²) in [6, 6.07) is 7.39. The van der Waals surface area contributed by atoms with Gasteiger partial charge in [0.25, 0.3) is 6.79 Å². The van der Waals surface area contributed by atoms with Crippen molar-refractivity contribution < 1.29 is 50.4 Å². The van der Waals surface area contributed by atoms with Crippen LogP contribution in [0.15, 0.2) is 56.5 Å². The molecule has 0 amide bonds. The molecule has 0 aromatic heterocycles. The van der Waals surface area contributed by atoms with Gasteiger partial charge in [0.05, 0.1) is 16.4 Å². The van der Waals surface area contributed by atoms with Crippen molar-refractivity contribution in [3.63, 3.8) is 0 Å². The summed E-state index contributed by atoms with van der Waals surface area (Å²) in [5.74, 6) is -0.297. The summed E-state index contributed by atoms with van der Waals surface area (Å²) in [6.45, 7) is 8.29. The normalized spacial score (nSPS) is 28.8. The lowest BCUT2D eigenvalue weighted by atomic mass is 9.83. The van der Waals surface area contributed by atoms with E-state index in [1.54, 1.807) is 0 Å². The van der Waals surface area contributed by atoms with Crippen molar-refractivity contribution in [2.24, 2.45) is 34.0 Å². The molecular formula is C32H42N5O11PS2. The van der Waals surface area contributed by atoms with Gasteiger partial charge in [-0.15, -0.1) is 0 Å². The summed E-state index contributed by atoms with van der Waals surface area (Å²) >= 11 is 0. The molecule has 3 aliphatic heterocycles. The first kappa shape index (κ1) is 37.5. The largest absolute Gasteiger partial charge is 0.424 e. The second-order valence-corrected chi connectivity index (χ2v) is 19.5. The van der Waals surface area contributed by atoms with Gasteiger partial charge < -0.3 is 19.7 Å². The summed E-state index contributed by atoms with van der Waals surface area (Å²) in [6.07, 6.45) is 1.80. The maximum absolute atomic E-state index is 13.9. The molecule has 2 aromatic rings. The summed E-state index contributed by atoms with van der Waals surface area (Å²) in [5.41, 5.74) is 0.984. The third-order valence-corrected chi connectivity index (χ3v) is 14.3. The zero-order chi connectivity index (χ0) is 36.9. The highest BCUT2D eigenvalue weighted by Gasteiger charge is 2.39. The molecule has 2 unspecified atom stereocenters. The Labute approximate surface area is 297 Å². The fourth-order valence-electron chi connectivity index (χ4n) is 7.41. The topological polar surface area (TPSA) is 214 Å². The monoisotopic (exact) mass is 767 g/mol. The van der Waals surface area contributed by atoms with E-state index >= 15 is 0 Å². The molecule has 1 aliphatic carbocycles. The van der Waals surface area contributed by atoms with Crippen molar-refractivity contribution in [3.05, 3.63) is 58.7 Å². The van der Waals surface area contributed by atoms with E-state index in [1.807, 2.05) is 27.7 Å². The number of hydrogen-bond acceptors (Lipinski definition) is 12. The smallest absolute Gasteiger partial charge is 0.403 e. The Hall–Kier alpha value is -3.22. The SMILES string of the molecule is C[C@@H]1C[C@H](C)CN(S(=O)(=O)c2ccc3c(c2)C(=NO)c2cc(S(=O)(=O)N4C[C@H](C)C[C@H](C)C4)ccc2C3=NOCOC(=O)C2COP(=O)(O)N2)C1. The van der Waals surface area contributed by atoms with Crippen molar-refractivity contribution >= 4 is 45.2 Å². The van der Waals surface area contributed by atoms with Crippen LogP contribution in [-0.2, 0) is 43.5 Å². The minimum atomic E-state index is -4.10. The molecule has 0 radical (unpaired) electrons. The van der Waals surface area contributed by atoms with E-state index < -0.39 is 46.6 Å². The lowest BCUT2D eigenvalue weighted by Gasteiger charge is -2.34. The van der Waals surface area contributed by atoms with Crippen LogP contribution in [0.5, 0.6) is 0 Å². The Balaban J connectivity index is 1.38. The number of nitrogens with one attached hydrogen (secondary N) is 1. The van der Waals surface area contributed by atoms with Gasteiger partial charge in [0.15, 0.2) is 0 Å². The number of sulfonamides is 2. The van der Waals surface area contributed by atoms with E-state index in [0.29, 0.717) is 37.3 Å². The zero-order valence-corrected chi connectivity index (χ0v) is 31.2. The first-order valence-electron chi connectivity index (χ1n) is 16.6. The zero-order valence-electron chi connectivity index (χ0n) is 28.6. The molecule has 6 atom stereocenters. The molecule has 0 spiro atoms. The fourth-order valence-corrected chi connectivity index (χ4v) is 11.8. The molecule has 19 heteroatoms. The molecule has 16 nitrogen and oxygen atoms in total. The fraction of sp³-hybridized carbons (Fsp3) is 0.531. The number of oxime groups is 2. The van der Waals surface area contributed by atoms with Crippen LogP contribution < -0.4 is 5.09 Å². The van der Waals surface area contributed by atoms with Gasteiger partial charge in [-0.3, -0.25) is 9.32 Å². The standard InChI is InChI=1S/C32H42N5O11PS2/c1-19-9-20(2)14-36(13-19)50(42,43)23-5-7-25-27(11-23)30(33-39)28-12-24(51(44,45)37-15-21(3)10-22(4)16-37)6-8-26(28)31(25)34-47-18-46-32(38)29-17-48-49(40,41)35-29/h5-8,11-12,19-22,29,39H,9-10,13-18H2,1-4H3,(H2,35,40,41)/t19-,20+,21-,22+,29?. The predicted molar refractivity (Wildman–Crippen MR) is 184 cm³/mol. The van der Waals surface area contributed by atoms with Gasteiger partial charge in [-0.25, -0.2) is 26.5 Å². The van der Waals surface area contributed by atoms with Crippen LogP contribution >= 0.6 is 7.75 Å². The van der Waals surface area contributed by atoms with E-state index in [-0.39, 0.29) is 62.6 Å². The highest BCUT2D eigenvalue weighted by Crippen LogP contribution is 2.42. The average molecular weight is 768 g/mol. The van der Waals surface area contributed by atoms with E-state index in [0.717, 1.165) is 12.8 Å². The number of benzene rings is 2. The maximum atomic E-state index is 13.9. The van der Waals surface area contributed by atoms with Gasteiger partial charge in [0, 0.05) is 48.4 Å². The summed E-state index contributed by atoms with van der Waals surface area (Å²) < 4.78 is 79.8. The van der Waals surface area contributed by atoms with Gasteiger partial charge in [-0.2, -0.15) is 8.61 Å². The van der Waals surface area contributed by atoms with E-state index in [1.165, 1.54) is 45.0 Å². The van der Waals surface area contributed by atoms with Crippen LogP contribution in [0.3, 0.4) is 0 Å². The van der Waals surface area contributed by atoms with E-state index in [2.05, 4.69) is 19.9 Å². The Morgan fingerprint density at radius 2 is 1.31 bits per heavy atom. The van der Waals surface area contributed by atoms with Gasteiger partial charge in [0.1, 0.15) is 17.5 Å². The Bertz CT molecular complexity index is 1910. The number of ether oxygens (including phenoxy) is 1. The van der Waals surface area contributed by atoms with E-state index in [4.69, 9.17) is 9.57 Å². The molecule has 0 bridgehead atoms. The molecular weight excluding hydrogens is 725 g/mol. The van der Waals surface area contributed by atoms with Crippen molar-refractivity contribution in [1.29, 1.82) is 0 Å². The van der Waals surface area contributed by atoms with Gasteiger partial charge in [-0.05, 0) is 60.8 Å². The number of rotatable bonds is 8. The van der Waals surface area contributed by atoms with Crippen LogP contribution in [0.1, 0.15) is 62.8 Å². The number of esters is 1. The molecule has 3 saturated heterocycles. The molecule has 2 aromatic carbocycles. The summed E-state index contributed by atoms with van der Waals surface area (Å²) in [7, 11) is -12.1. The lowest BCUT2D eigenvalue weighted by molar-refractivity contribution is -0.158. The van der Waals surface area contributed by atoms with Crippen LogP contribution in [0, 0.1) is 23.7 Å². The number of hydrogen-bond donors (Lipinski definition) is 3. The maximum Gasteiger partial charge on any atom is 0.403 e. The first-order valence-corrected chi connectivity index (χ1v) is 21.1. The van der Waals surface area contributed by atoms with Crippen molar-refractivity contribution in [2.75, 3.05) is 39.6 Å². The van der Waals surface area contributed by atoms with Crippen molar-refractivity contribution in [3.8, 4) is 0 Å². The molecule has 3 fully saturated rings. The average Bonchev–Trinajstić information content (AvgIpc) is 3.44. The molecule has 278 valence electrons. The number of nitrogens with zero attached hydrogens (tertiary/aromatic N) is 4. The van der Waals surface area contributed by atoms with Gasteiger partial charge >= 0.3 is 13.7 Å². The molecule has 0 saturated carbocycles. The van der Waals surface area contributed by atoms with E-state index in [9.17, 15) is 36.3 Å². The van der Waals surface area contributed by atoms with Crippen molar-refractivity contribution in [2.45, 2.75) is 56.4 Å². The molecule has 6 rings (SSSR count). The van der Waals surface area contributed by atoms with Crippen LogP contribution in [0.2, 0.25) is 0 Å². The highest BCUT2D eigenvalue weighted by molar-refractivity contribution is 7.89. The van der Waals surface area contributed by atoms with Crippen LogP contribution in [0.25, 0.3) is 0 Å². The number of piperidine rings is 2. The minimum Gasteiger partial charge on any atom is -0.424 e. The van der Waals surface area contributed by atoms with Crippen LogP contribution in [-0.4, -0.2) is 98.6 Å². The number of fused-ring (bicyclic) bond motifs is 2. The Morgan fingerprint density at radius 3 is 1.73 bits per heavy atom. The number of carbonyl (C=O) groups excluding carboxylic acids is 1. The van der Waals surface area contributed by atoms with Gasteiger partial charge in [0.2, 0.25) is 20.0 Å².